The first kappa shape index (κ1) is 28.0. The highest BCUT2D eigenvalue weighted by molar-refractivity contribution is 7.80. The average molecular weight is 569 g/mol. The summed E-state index contributed by atoms with van der Waals surface area (Å²) in [6, 6.07) is 11.6. The van der Waals surface area contributed by atoms with Crippen LogP contribution in [-0.4, -0.2) is 93.3 Å². The Morgan fingerprint density at radius 3 is 2.52 bits per heavy atom. The number of ether oxygens (including phenoxy) is 5. The highest BCUT2D eigenvalue weighted by Gasteiger charge is 2.18. The lowest BCUT2D eigenvalue weighted by Crippen LogP contribution is -2.46. The summed E-state index contributed by atoms with van der Waals surface area (Å²) < 4.78 is 27.7. The largest absolute Gasteiger partial charge is 0.493 e. The van der Waals surface area contributed by atoms with Crippen LogP contribution in [0, 0.1) is 0 Å². The minimum Gasteiger partial charge on any atom is -0.493 e. The molecule has 11 heteroatoms. The van der Waals surface area contributed by atoms with E-state index in [1.165, 1.54) is 0 Å². The molecule has 0 amide bonds. The van der Waals surface area contributed by atoms with Crippen molar-refractivity contribution in [2.75, 3.05) is 73.4 Å². The van der Waals surface area contributed by atoms with Gasteiger partial charge in [-0.15, -0.1) is 0 Å². The molecule has 1 saturated heterocycles. The van der Waals surface area contributed by atoms with Crippen molar-refractivity contribution >= 4 is 28.2 Å². The molecule has 2 N–H and O–H groups in total. The summed E-state index contributed by atoms with van der Waals surface area (Å²) in [6.07, 6.45) is 0.752. The third kappa shape index (κ3) is 6.78. The van der Waals surface area contributed by atoms with Gasteiger partial charge in [-0.3, -0.25) is 9.69 Å². The first-order valence-electron chi connectivity index (χ1n) is 13.5. The van der Waals surface area contributed by atoms with E-state index >= 15 is 0 Å². The highest BCUT2D eigenvalue weighted by atomic mass is 32.1. The van der Waals surface area contributed by atoms with Crippen LogP contribution in [0.3, 0.4) is 0 Å². The number of hydrogen-bond donors (Lipinski definition) is 2. The molecule has 0 spiro atoms. The molecule has 3 heterocycles. The molecule has 214 valence electrons. The number of hydrogen-bond acceptors (Lipinski definition) is 8. The molecule has 0 saturated carbocycles. The molecule has 1 aromatic heterocycles. The van der Waals surface area contributed by atoms with Crippen molar-refractivity contribution in [2.45, 2.75) is 13.0 Å². The lowest BCUT2D eigenvalue weighted by atomic mass is 10.1. The molecule has 2 aliphatic rings. The summed E-state index contributed by atoms with van der Waals surface area (Å²) >= 11 is 5.84. The van der Waals surface area contributed by atoms with Crippen LogP contribution in [0.15, 0.2) is 41.2 Å². The maximum Gasteiger partial charge on any atom is 0.253 e. The molecule has 0 radical (unpaired) electrons. The Hall–Kier alpha value is -3.54. The van der Waals surface area contributed by atoms with Crippen molar-refractivity contribution < 1.29 is 23.7 Å². The van der Waals surface area contributed by atoms with Crippen molar-refractivity contribution in [2.24, 2.45) is 0 Å². The van der Waals surface area contributed by atoms with Crippen LogP contribution in [0.25, 0.3) is 10.9 Å². The van der Waals surface area contributed by atoms with E-state index in [2.05, 4.69) is 20.1 Å². The molecule has 1 fully saturated rings. The quantitative estimate of drug-likeness (QED) is 0.355. The highest BCUT2D eigenvalue weighted by Crippen LogP contribution is 2.33. The predicted molar refractivity (Wildman–Crippen MR) is 157 cm³/mol. The van der Waals surface area contributed by atoms with Gasteiger partial charge in [-0.25, -0.2) is 0 Å². The van der Waals surface area contributed by atoms with Crippen molar-refractivity contribution in [1.82, 2.24) is 20.1 Å². The summed E-state index contributed by atoms with van der Waals surface area (Å²) in [5.74, 6) is 2.73. The molecule has 0 unspecified atom stereocenters. The third-order valence-corrected chi connectivity index (χ3v) is 7.56. The van der Waals surface area contributed by atoms with Gasteiger partial charge in [-0.05, 0) is 48.5 Å². The van der Waals surface area contributed by atoms with E-state index in [-0.39, 0.29) is 5.56 Å². The standard InChI is InChI=1S/C29H36N4O6S/c1-35-24-4-3-20(15-25(24)36-2)5-6-30-29(40)33(8-7-32-9-11-37-12-10-32)19-22-16-21-17-26-27(39-14-13-38-26)18-23(21)31-28(22)34/h3-4,15-18H,5-14,19H2,1-2H3,(H,30,40)(H,31,34). The second-order valence-corrected chi connectivity index (χ2v) is 10.1. The van der Waals surface area contributed by atoms with Crippen LogP contribution in [0.2, 0.25) is 0 Å². The van der Waals surface area contributed by atoms with Crippen molar-refractivity contribution in [3.8, 4) is 23.0 Å². The van der Waals surface area contributed by atoms with Gasteiger partial charge in [0.05, 0.1) is 39.5 Å². The molecular formula is C29H36N4O6S. The van der Waals surface area contributed by atoms with Gasteiger partial charge in [0.25, 0.3) is 5.56 Å². The van der Waals surface area contributed by atoms with Gasteiger partial charge in [0.2, 0.25) is 0 Å². The van der Waals surface area contributed by atoms with Gasteiger partial charge in [-0.2, -0.15) is 0 Å². The first-order valence-corrected chi connectivity index (χ1v) is 13.9. The van der Waals surface area contributed by atoms with Crippen LogP contribution >= 0.6 is 12.2 Å². The fourth-order valence-corrected chi connectivity index (χ4v) is 5.17. The molecule has 0 aliphatic carbocycles. The van der Waals surface area contributed by atoms with E-state index in [9.17, 15) is 4.79 Å². The Kier molecular flexibility index (Phi) is 9.25. The maximum atomic E-state index is 13.1. The number of fused-ring (bicyclic) bond motifs is 2. The molecule has 10 nitrogen and oxygen atoms in total. The fraction of sp³-hybridized carbons (Fsp3) is 0.448. The minimum atomic E-state index is -0.145. The number of H-pyrrole nitrogens is 1. The van der Waals surface area contributed by atoms with Crippen molar-refractivity contribution in [3.05, 3.63) is 57.9 Å². The molecule has 0 atom stereocenters. The normalized spacial score (nSPS) is 15.1. The van der Waals surface area contributed by atoms with Gasteiger partial charge in [0, 0.05) is 49.7 Å². The van der Waals surface area contributed by atoms with Crippen LogP contribution in [0.1, 0.15) is 11.1 Å². The van der Waals surface area contributed by atoms with Crippen LogP contribution in [-0.2, 0) is 17.7 Å². The van der Waals surface area contributed by atoms with Crippen LogP contribution in [0.4, 0.5) is 0 Å². The summed E-state index contributed by atoms with van der Waals surface area (Å²) in [7, 11) is 3.25. The Morgan fingerprint density at radius 1 is 1.02 bits per heavy atom. The zero-order chi connectivity index (χ0) is 27.9. The number of morpholine rings is 1. The van der Waals surface area contributed by atoms with E-state index in [0.717, 1.165) is 50.2 Å². The van der Waals surface area contributed by atoms with Gasteiger partial charge < -0.3 is 38.9 Å². The third-order valence-electron chi connectivity index (χ3n) is 7.16. The number of aromatic nitrogens is 1. The molecule has 0 bridgehead atoms. The zero-order valence-corrected chi connectivity index (χ0v) is 23.8. The summed E-state index contributed by atoms with van der Waals surface area (Å²) in [5, 5.41) is 4.89. The Balaban J connectivity index is 1.29. The molecule has 40 heavy (non-hydrogen) atoms. The molecular weight excluding hydrogens is 532 g/mol. The second-order valence-electron chi connectivity index (χ2n) is 9.75. The lowest BCUT2D eigenvalue weighted by molar-refractivity contribution is 0.0357. The van der Waals surface area contributed by atoms with Gasteiger partial charge in [-0.1, -0.05) is 6.07 Å². The van der Waals surface area contributed by atoms with Crippen molar-refractivity contribution in [1.29, 1.82) is 0 Å². The lowest BCUT2D eigenvalue weighted by Gasteiger charge is -2.31. The summed E-state index contributed by atoms with van der Waals surface area (Å²) in [4.78, 5) is 20.5. The Morgan fingerprint density at radius 2 is 1.77 bits per heavy atom. The SMILES string of the molecule is COc1ccc(CCNC(=S)N(CCN2CCOCC2)Cc2cc3cc4c(cc3[nH]c2=O)OCCO4)cc1OC. The number of pyridine rings is 1. The van der Waals surface area contributed by atoms with E-state index in [1.54, 1.807) is 14.2 Å². The topological polar surface area (TPSA) is 97.5 Å². The number of nitrogens with one attached hydrogen (secondary N) is 2. The molecule has 2 aliphatic heterocycles. The van der Waals surface area contributed by atoms with Crippen LogP contribution in [0.5, 0.6) is 23.0 Å². The van der Waals surface area contributed by atoms with Crippen LogP contribution < -0.4 is 29.8 Å². The minimum absolute atomic E-state index is 0.145. The predicted octanol–water partition coefficient (Wildman–Crippen LogP) is 2.57. The van der Waals surface area contributed by atoms with Gasteiger partial charge in [0.1, 0.15) is 13.2 Å². The average Bonchev–Trinajstić information content (AvgIpc) is 2.98. The Bertz CT molecular complexity index is 1390. The number of methoxy groups -OCH3 is 2. The van der Waals surface area contributed by atoms with E-state index in [1.807, 2.05) is 36.4 Å². The summed E-state index contributed by atoms with van der Waals surface area (Å²) in [5.41, 5.74) is 2.31. The molecule has 5 rings (SSSR count). The number of aromatic amines is 1. The zero-order valence-electron chi connectivity index (χ0n) is 23.0. The second kappa shape index (κ2) is 13.2. The number of benzene rings is 2. The molecule has 2 aromatic carbocycles. The molecule has 3 aromatic rings. The maximum absolute atomic E-state index is 13.1. The number of nitrogens with zero attached hydrogens (tertiary/aromatic N) is 2. The van der Waals surface area contributed by atoms with E-state index < -0.39 is 0 Å². The van der Waals surface area contributed by atoms with Gasteiger partial charge in [0.15, 0.2) is 28.1 Å². The number of thiocarbonyl (C=S) groups is 1. The Labute approximate surface area is 239 Å². The summed E-state index contributed by atoms with van der Waals surface area (Å²) in [6.45, 7) is 6.76. The number of rotatable bonds is 10. The first-order chi connectivity index (χ1) is 19.5. The smallest absolute Gasteiger partial charge is 0.253 e. The monoisotopic (exact) mass is 568 g/mol. The fourth-order valence-electron chi connectivity index (χ4n) is 4.91. The van der Waals surface area contributed by atoms with Gasteiger partial charge >= 0.3 is 0 Å². The van der Waals surface area contributed by atoms with E-state index in [4.69, 9.17) is 35.9 Å². The van der Waals surface area contributed by atoms with E-state index in [0.29, 0.717) is 72.0 Å². The van der Waals surface area contributed by atoms with Crippen molar-refractivity contribution in [3.63, 3.8) is 0 Å².